The minimum absolute atomic E-state index is 0.237. The molecule has 5 heteroatoms. The number of hydrogen-bond donors (Lipinski definition) is 0. The van der Waals surface area contributed by atoms with Crippen LogP contribution < -0.4 is 0 Å². The Bertz CT molecular complexity index is 631. The van der Waals surface area contributed by atoms with E-state index < -0.39 is 0 Å². The highest BCUT2D eigenvalue weighted by atomic mass is 19.1. The Morgan fingerprint density at radius 3 is 2.52 bits per heavy atom. The van der Waals surface area contributed by atoms with Gasteiger partial charge in [0.05, 0.1) is 5.41 Å². The summed E-state index contributed by atoms with van der Waals surface area (Å²) in [5, 5.41) is 4.15. The highest BCUT2D eigenvalue weighted by molar-refractivity contribution is 5.33. The lowest BCUT2D eigenvalue weighted by Crippen LogP contribution is -2.35. The smallest absolute Gasteiger partial charge is 0.237 e. The molecule has 0 unspecified atom stereocenters. The quantitative estimate of drug-likeness (QED) is 0.839. The van der Waals surface area contributed by atoms with Crippen LogP contribution in [0, 0.1) is 11.7 Å². The molecule has 0 N–H and O–H groups in total. The lowest BCUT2D eigenvalue weighted by Gasteiger charge is -2.34. The normalized spacial score (nSPS) is 17.6. The Morgan fingerprint density at radius 1 is 1.17 bits per heavy atom. The third-order valence-corrected chi connectivity index (χ3v) is 4.57. The fourth-order valence-corrected chi connectivity index (χ4v) is 3.08. The van der Waals surface area contributed by atoms with Crippen molar-refractivity contribution in [1.29, 1.82) is 0 Å². The molecule has 2 heterocycles. The van der Waals surface area contributed by atoms with Crippen molar-refractivity contribution in [3.8, 4) is 0 Å². The number of nitrogens with zero attached hydrogens (tertiary/aromatic N) is 2. The molecule has 3 rings (SSSR count). The van der Waals surface area contributed by atoms with Gasteiger partial charge in [-0.1, -0.05) is 31.1 Å². The van der Waals surface area contributed by atoms with Crippen LogP contribution in [-0.4, -0.2) is 23.4 Å². The molecule has 23 heavy (non-hydrogen) atoms. The molecule has 1 aliphatic heterocycles. The zero-order valence-corrected chi connectivity index (χ0v) is 13.7. The predicted octanol–water partition coefficient (Wildman–Crippen LogP) is 3.89. The van der Waals surface area contributed by atoms with E-state index in [0.717, 1.165) is 37.1 Å². The summed E-state index contributed by atoms with van der Waals surface area (Å²) in [4.78, 5) is 4.65. The van der Waals surface area contributed by atoms with Gasteiger partial charge >= 0.3 is 0 Å². The van der Waals surface area contributed by atoms with E-state index in [-0.39, 0.29) is 11.2 Å². The molecule has 1 saturated heterocycles. The summed E-state index contributed by atoms with van der Waals surface area (Å²) in [5.41, 5.74) is 0.649. The second kappa shape index (κ2) is 6.79. The van der Waals surface area contributed by atoms with Crippen molar-refractivity contribution in [1.82, 2.24) is 10.1 Å². The van der Waals surface area contributed by atoms with Gasteiger partial charge in [-0.15, -0.1) is 0 Å². The average Bonchev–Trinajstić information content (AvgIpc) is 3.04. The lowest BCUT2D eigenvalue weighted by atomic mass is 9.74. The molecule has 1 aromatic heterocycles. The van der Waals surface area contributed by atoms with Crippen molar-refractivity contribution in [3.63, 3.8) is 0 Å². The topological polar surface area (TPSA) is 48.2 Å². The first-order valence-corrected chi connectivity index (χ1v) is 8.27. The molecule has 4 nitrogen and oxygen atoms in total. The van der Waals surface area contributed by atoms with Crippen LogP contribution in [0.3, 0.4) is 0 Å². The summed E-state index contributed by atoms with van der Waals surface area (Å²) in [5.74, 6) is 1.75. The third-order valence-electron chi connectivity index (χ3n) is 4.57. The van der Waals surface area contributed by atoms with E-state index in [0.29, 0.717) is 25.0 Å². The van der Waals surface area contributed by atoms with Crippen LogP contribution >= 0.6 is 0 Å². The fourth-order valence-electron chi connectivity index (χ4n) is 3.08. The first-order chi connectivity index (χ1) is 11.1. The number of halogens is 1. The van der Waals surface area contributed by atoms with Gasteiger partial charge in [0.15, 0.2) is 5.82 Å². The van der Waals surface area contributed by atoms with Crippen molar-refractivity contribution in [2.45, 2.75) is 44.9 Å². The van der Waals surface area contributed by atoms with E-state index in [1.807, 2.05) is 12.1 Å². The van der Waals surface area contributed by atoms with Gasteiger partial charge < -0.3 is 9.26 Å². The van der Waals surface area contributed by atoms with Crippen LogP contribution in [0.1, 0.15) is 50.4 Å². The van der Waals surface area contributed by atoms with Crippen LogP contribution in [0.4, 0.5) is 4.39 Å². The molecular formula is C18H23FN2O2. The Balaban J connectivity index is 1.91. The maximum Gasteiger partial charge on any atom is 0.237 e. The highest BCUT2D eigenvalue weighted by Crippen LogP contribution is 2.40. The van der Waals surface area contributed by atoms with Gasteiger partial charge in [-0.25, -0.2) is 4.39 Å². The second-order valence-corrected chi connectivity index (χ2v) is 6.65. The molecule has 0 atom stereocenters. The summed E-state index contributed by atoms with van der Waals surface area (Å²) in [7, 11) is 0. The molecule has 1 aromatic carbocycles. The monoisotopic (exact) mass is 318 g/mol. The number of aromatic nitrogens is 2. The van der Waals surface area contributed by atoms with Crippen molar-refractivity contribution in [2.75, 3.05) is 13.2 Å². The second-order valence-electron chi connectivity index (χ2n) is 6.65. The van der Waals surface area contributed by atoms with Crippen LogP contribution in [0.15, 0.2) is 28.8 Å². The minimum atomic E-state index is -0.366. The average molecular weight is 318 g/mol. The van der Waals surface area contributed by atoms with Crippen molar-refractivity contribution >= 4 is 0 Å². The van der Waals surface area contributed by atoms with Gasteiger partial charge in [-0.3, -0.25) is 0 Å². The summed E-state index contributed by atoms with van der Waals surface area (Å²) in [6.07, 6.45) is 3.39. The first-order valence-electron chi connectivity index (χ1n) is 8.27. The van der Waals surface area contributed by atoms with E-state index in [1.165, 1.54) is 12.1 Å². The Morgan fingerprint density at radius 2 is 1.87 bits per heavy atom. The standard InChI is InChI=1S/C18H23FN2O2/c1-13(2)3-8-16-20-17(23-21-16)18(9-11-22-12-10-18)14-4-6-15(19)7-5-14/h4-7,13H,3,8-12H2,1-2H3. The number of aryl methyl sites for hydroxylation is 1. The summed E-state index contributed by atoms with van der Waals surface area (Å²) in [6.45, 7) is 5.64. The summed E-state index contributed by atoms with van der Waals surface area (Å²) < 4.78 is 24.4. The summed E-state index contributed by atoms with van der Waals surface area (Å²) in [6, 6.07) is 6.61. The largest absolute Gasteiger partial charge is 0.381 e. The molecule has 0 aliphatic carbocycles. The molecule has 124 valence electrons. The molecular weight excluding hydrogens is 295 g/mol. The first kappa shape index (κ1) is 16.1. The zero-order valence-electron chi connectivity index (χ0n) is 13.7. The fraction of sp³-hybridized carbons (Fsp3) is 0.556. The minimum Gasteiger partial charge on any atom is -0.381 e. The highest BCUT2D eigenvalue weighted by Gasteiger charge is 2.41. The van der Waals surface area contributed by atoms with Crippen LogP contribution in [0.5, 0.6) is 0 Å². The van der Waals surface area contributed by atoms with Crippen LogP contribution in [-0.2, 0) is 16.6 Å². The maximum absolute atomic E-state index is 13.3. The third kappa shape index (κ3) is 3.44. The Kier molecular flexibility index (Phi) is 4.76. The zero-order chi connectivity index (χ0) is 16.3. The molecule has 0 amide bonds. The van der Waals surface area contributed by atoms with Crippen molar-refractivity contribution < 1.29 is 13.7 Å². The maximum atomic E-state index is 13.3. The summed E-state index contributed by atoms with van der Waals surface area (Å²) >= 11 is 0. The van der Waals surface area contributed by atoms with Crippen LogP contribution in [0.2, 0.25) is 0 Å². The van der Waals surface area contributed by atoms with Gasteiger partial charge in [-0.05, 0) is 42.9 Å². The van der Waals surface area contributed by atoms with Gasteiger partial charge in [0, 0.05) is 19.6 Å². The van der Waals surface area contributed by atoms with E-state index in [4.69, 9.17) is 9.26 Å². The predicted molar refractivity (Wildman–Crippen MR) is 84.7 cm³/mol. The van der Waals surface area contributed by atoms with E-state index in [2.05, 4.69) is 24.0 Å². The van der Waals surface area contributed by atoms with Crippen LogP contribution in [0.25, 0.3) is 0 Å². The Hall–Kier alpha value is -1.75. The number of ether oxygens (including phenoxy) is 1. The van der Waals surface area contributed by atoms with Gasteiger partial charge in [-0.2, -0.15) is 4.98 Å². The van der Waals surface area contributed by atoms with E-state index in [1.54, 1.807) is 0 Å². The number of benzene rings is 1. The number of rotatable bonds is 5. The molecule has 0 spiro atoms. The van der Waals surface area contributed by atoms with Gasteiger partial charge in [0.1, 0.15) is 5.82 Å². The lowest BCUT2D eigenvalue weighted by molar-refractivity contribution is 0.0523. The molecule has 0 bridgehead atoms. The van der Waals surface area contributed by atoms with E-state index in [9.17, 15) is 4.39 Å². The SMILES string of the molecule is CC(C)CCc1noc(C2(c3ccc(F)cc3)CCOCC2)n1. The number of hydrogen-bond acceptors (Lipinski definition) is 4. The van der Waals surface area contributed by atoms with Crippen molar-refractivity contribution in [2.24, 2.45) is 5.92 Å². The van der Waals surface area contributed by atoms with E-state index >= 15 is 0 Å². The van der Waals surface area contributed by atoms with Gasteiger partial charge in [0.25, 0.3) is 0 Å². The molecule has 2 aromatic rings. The molecule has 0 radical (unpaired) electrons. The van der Waals surface area contributed by atoms with Gasteiger partial charge in [0.2, 0.25) is 5.89 Å². The Labute approximate surface area is 136 Å². The molecule has 1 fully saturated rings. The van der Waals surface area contributed by atoms with Crippen molar-refractivity contribution in [3.05, 3.63) is 47.4 Å². The molecule has 1 aliphatic rings. The molecule has 0 saturated carbocycles.